The second-order valence-electron chi connectivity index (χ2n) is 7.22. The van der Waals surface area contributed by atoms with E-state index >= 15 is 0 Å². The summed E-state index contributed by atoms with van der Waals surface area (Å²) in [5.41, 5.74) is 0. The summed E-state index contributed by atoms with van der Waals surface area (Å²) < 4.78 is 0. The predicted molar refractivity (Wildman–Crippen MR) is 124 cm³/mol. The van der Waals surface area contributed by atoms with Gasteiger partial charge in [0.05, 0.1) is 25.4 Å². The van der Waals surface area contributed by atoms with Crippen LogP contribution in [0.2, 0.25) is 0 Å². The van der Waals surface area contributed by atoms with Crippen LogP contribution in [0.4, 0.5) is 0 Å². The Balaban J connectivity index is 3.98. The monoisotopic (exact) mass is 520 g/mol. The van der Waals surface area contributed by atoms with E-state index in [1.807, 2.05) is 0 Å². The molecule has 0 aliphatic heterocycles. The molecule has 14 N–H and O–H groups in total. The average Bonchev–Trinajstić information content (AvgIpc) is 2.82. The van der Waals surface area contributed by atoms with Crippen molar-refractivity contribution in [2.24, 2.45) is 0 Å². The van der Waals surface area contributed by atoms with Crippen molar-refractivity contribution in [3.63, 3.8) is 0 Å². The molecule has 0 bridgehead atoms. The second kappa shape index (κ2) is 17.4. The molecule has 0 aromatic carbocycles. The highest BCUT2D eigenvalue weighted by Crippen LogP contribution is 2.05. The summed E-state index contributed by atoms with van der Waals surface area (Å²) in [6.45, 7) is -1.17. The molecule has 0 aliphatic carbocycles. The SMILES string of the molecule is OC[C@@H](O)[C@@H](O)[C@H](O)[C@@H](O)CNC(=S)NCCCNC(=S)NC[C@H](O)[C@@H](O)[C@H](O)[C@H](O)CO. The Bertz CT molecular complexity index is 522. The summed E-state index contributed by atoms with van der Waals surface area (Å²) >= 11 is 10.0. The van der Waals surface area contributed by atoms with E-state index in [-0.39, 0.29) is 23.3 Å². The van der Waals surface area contributed by atoms with Gasteiger partial charge in [-0.3, -0.25) is 0 Å². The number of hydrogen-bond donors (Lipinski definition) is 14. The molecule has 0 unspecified atom stereocenters. The van der Waals surface area contributed by atoms with Crippen molar-refractivity contribution in [1.82, 2.24) is 21.3 Å². The normalized spacial score (nSPS) is 18.7. The third kappa shape index (κ3) is 12.9. The van der Waals surface area contributed by atoms with Gasteiger partial charge in [0, 0.05) is 26.2 Å². The van der Waals surface area contributed by atoms with Crippen LogP contribution in [0.15, 0.2) is 0 Å². The Morgan fingerprint density at radius 3 is 1.12 bits per heavy atom. The van der Waals surface area contributed by atoms with Crippen molar-refractivity contribution < 1.29 is 51.1 Å². The molecule has 0 aromatic heterocycles. The molecule has 0 aromatic rings. The molecule has 196 valence electrons. The van der Waals surface area contributed by atoms with E-state index in [1.54, 1.807) is 0 Å². The van der Waals surface area contributed by atoms with Gasteiger partial charge in [-0.15, -0.1) is 0 Å². The first-order valence-corrected chi connectivity index (χ1v) is 11.0. The minimum atomic E-state index is -1.72. The van der Waals surface area contributed by atoms with Crippen molar-refractivity contribution in [1.29, 1.82) is 0 Å². The van der Waals surface area contributed by atoms with Crippen molar-refractivity contribution in [2.45, 2.75) is 55.3 Å². The van der Waals surface area contributed by atoms with E-state index in [0.29, 0.717) is 19.5 Å². The zero-order valence-corrected chi connectivity index (χ0v) is 19.5. The van der Waals surface area contributed by atoms with E-state index in [2.05, 4.69) is 21.3 Å². The third-order valence-corrected chi connectivity index (χ3v) is 5.10. The van der Waals surface area contributed by atoms with Gasteiger partial charge < -0.3 is 72.3 Å². The topological polar surface area (TPSA) is 250 Å². The first-order valence-electron chi connectivity index (χ1n) is 10.2. The van der Waals surface area contributed by atoms with Crippen molar-refractivity contribution in [2.75, 3.05) is 39.4 Å². The molecule has 0 rings (SSSR count). The molecular weight excluding hydrogens is 484 g/mol. The molecule has 0 fully saturated rings. The lowest BCUT2D eigenvalue weighted by atomic mass is 10.0. The van der Waals surface area contributed by atoms with Crippen LogP contribution in [-0.4, -0.2) is 150 Å². The minimum absolute atomic E-state index is 0.167. The molecule has 8 atom stereocenters. The van der Waals surface area contributed by atoms with E-state index in [1.165, 1.54) is 0 Å². The molecule has 16 heteroatoms. The van der Waals surface area contributed by atoms with Gasteiger partial charge in [-0.05, 0) is 30.9 Å². The molecule has 0 aliphatic rings. The Morgan fingerprint density at radius 2 is 0.818 bits per heavy atom. The van der Waals surface area contributed by atoms with Gasteiger partial charge in [-0.25, -0.2) is 0 Å². The zero-order chi connectivity index (χ0) is 25.6. The number of nitrogens with one attached hydrogen (secondary N) is 4. The van der Waals surface area contributed by atoms with E-state index in [9.17, 15) is 40.9 Å². The van der Waals surface area contributed by atoms with Gasteiger partial charge in [0.2, 0.25) is 0 Å². The standard InChI is InChI=1S/C17H36N4O10S2/c22-6-10(26)14(30)12(28)8(24)4-20-16(32)18-2-1-3-19-17(33)21-5-9(25)13(29)15(31)11(27)7-23/h8-15,22-31H,1-7H2,(H2,18,20,32)(H2,19,21,33)/t8-,9-,10+,11+,12+,13+,14+,15+/m0/s1. The van der Waals surface area contributed by atoms with Crippen molar-refractivity contribution >= 4 is 34.7 Å². The number of aliphatic hydroxyl groups is 10. The molecular formula is C17H36N4O10S2. The van der Waals surface area contributed by atoms with Gasteiger partial charge in [-0.1, -0.05) is 0 Å². The summed E-state index contributed by atoms with van der Waals surface area (Å²) in [6, 6.07) is 0. The van der Waals surface area contributed by atoms with Crippen LogP contribution < -0.4 is 21.3 Å². The van der Waals surface area contributed by atoms with Crippen LogP contribution in [-0.2, 0) is 0 Å². The summed E-state index contributed by atoms with van der Waals surface area (Å²) in [6.07, 6.45) is -12.4. The minimum Gasteiger partial charge on any atom is -0.394 e. The highest BCUT2D eigenvalue weighted by Gasteiger charge is 2.30. The van der Waals surface area contributed by atoms with Gasteiger partial charge in [0.15, 0.2) is 10.2 Å². The maximum Gasteiger partial charge on any atom is 0.166 e. The Kier molecular flexibility index (Phi) is 16.9. The average molecular weight is 521 g/mol. The largest absolute Gasteiger partial charge is 0.394 e. The number of hydrogen-bond acceptors (Lipinski definition) is 12. The highest BCUT2D eigenvalue weighted by atomic mass is 32.1. The maximum atomic E-state index is 9.79. The Labute approximate surface area is 201 Å². The summed E-state index contributed by atoms with van der Waals surface area (Å²) in [7, 11) is 0. The number of aliphatic hydroxyl groups excluding tert-OH is 10. The fraction of sp³-hybridized carbons (Fsp3) is 0.882. The van der Waals surface area contributed by atoms with Crippen molar-refractivity contribution in [3.05, 3.63) is 0 Å². The van der Waals surface area contributed by atoms with E-state index in [4.69, 9.17) is 34.6 Å². The highest BCUT2D eigenvalue weighted by molar-refractivity contribution is 7.80. The molecule has 0 radical (unpaired) electrons. The van der Waals surface area contributed by atoms with Gasteiger partial charge in [0.25, 0.3) is 0 Å². The fourth-order valence-corrected chi connectivity index (χ4v) is 2.75. The summed E-state index contributed by atoms with van der Waals surface area (Å²) in [5.74, 6) is 0. The fourth-order valence-electron chi connectivity index (χ4n) is 2.38. The Morgan fingerprint density at radius 1 is 0.515 bits per heavy atom. The molecule has 0 spiro atoms. The molecule has 0 amide bonds. The lowest BCUT2D eigenvalue weighted by molar-refractivity contribution is -0.113. The molecule has 0 heterocycles. The smallest absolute Gasteiger partial charge is 0.166 e. The number of rotatable bonds is 16. The molecule has 0 saturated carbocycles. The van der Waals surface area contributed by atoms with E-state index in [0.717, 1.165) is 0 Å². The van der Waals surface area contributed by atoms with Crippen molar-refractivity contribution in [3.8, 4) is 0 Å². The molecule has 0 saturated heterocycles. The predicted octanol–water partition coefficient (Wildman–Crippen LogP) is -6.82. The first-order chi connectivity index (χ1) is 15.5. The quantitative estimate of drug-likeness (QED) is 0.0667. The maximum absolute atomic E-state index is 9.79. The van der Waals surface area contributed by atoms with Gasteiger partial charge in [-0.2, -0.15) is 0 Å². The van der Waals surface area contributed by atoms with Crippen LogP contribution in [0.25, 0.3) is 0 Å². The lowest BCUT2D eigenvalue weighted by Crippen LogP contribution is -2.51. The van der Waals surface area contributed by atoms with Gasteiger partial charge >= 0.3 is 0 Å². The zero-order valence-electron chi connectivity index (χ0n) is 17.9. The number of thiocarbonyl (C=S) groups is 2. The lowest BCUT2D eigenvalue weighted by Gasteiger charge is -2.26. The van der Waals surface area contributed by atoms with Crippen LogP contribution in [0.3, 0.4) is 0 Å². The summed E-state index contributed by atoms with van der Waals surface area (Å²) in [5, 5.41) is 105. The third-order valence-electron chi connectivity index (χ3n) is 4.52. The molecule has 14 nitrogen and oxygen atoms in total. The second-order valence-corrected chi connectivity index (χ2v) is 8.04. The van der Waals surface area contributed by atoms with Crippen LogP contribution in [0.1, 0.15) is 6.42 Å². The first kappa shape index (κ1) is 32.0. The van der Waals surface area contributed by atoms with Crippen LogP contribution >= 0.6 is 24.4 Å². The van der Waals surface area contributed by atoms with Gasteiger partial charge in [0.1, 0.15) is 36.6 Å². The summed E-state index contributed by atoms with van der Waals surface area (Å²) in [4.78, 5) is 0. The Hall–Kier alpha value is -1.02. The van der Waals surface area contributed by atoms with E-state index < -0.39 is 62.0 Å². The van der Waals surface area contributed by atoms with Crippen LogP contribution in [0.5, 0.6) is 0 Å². The molecule has 33 heavy (non-hydrogen) atoms. The van der Waals surface area contributed by atoms with Crippen LogP contribution in [0, 0.1) is 0 Å².